The highest BCUT2D eigenvalue weighted by Crippen LogP contribution is 2.58. The summed E-state index contributed by atoms with van der Waals surface area (Å²) in [6, 6.07) is 7.23. The Bertz CT molecular complexity index is 1590. The molecule has 1 saturated carbocycles. The Hall–Kier alpha value is -3.94. The largest absolute Gasteiger partial charge is 0.496 e. The number of amides is 1. The van der Waals surface area contributed by atoms with E-state index in [1.165, 1.54) is 0 Å². The van der Waals surface area contributed by atoms with E-state index in [0.29, 0.717) is 65.5 Å². The van der Waals surface area contributed by atoms with Gasteiger partial charge in [0, 0.05) is 42.5 Å². The van der Waals surface area contributed by atoms with E-state index in [1.807, 2.05) is 30.9 Å². The van der Waals surface area contributed by atoms with Gasteiger partial charge in [-0.1, -0.05) is 19.9 Å². The van der Waals surface area contributed by atoms with E-state index in [-0.39, 0.29) is 28.3 Å². The summed E-state index contributed by atoms with van der Waals surface area (Å²) < 4.78 is 12.4. The predicted molar refractivity (Wildman–Crippen MR) is 153 cm³/mol. The lowest BCUT2D eigenvalue weighted by Crippen LogP contribution is -2.49. The molecule has 3 heterocycles. The number of nitrogens with zero attached hydrogens (tertiary/aromatic N) is 2. The number of carbonyl (C=O) groups is 3. The normalized spacial score (nSPS) is 22.4. The van der Waals surface area contributed by atoms with E-state index in [2.05, 4.69) is 18.8 Å². The van der Waals surface area contributed by atoms with Crippen LogP contribution in [0.4, 0.5) is 0 Å². The number of pyridine rings is 1. The molecule has 8 nitrogen and oxygen atoms in total. The van der Waals surface area contributed by atoms with E-state index in [4.69, 9.17) is 9.47 Å². The van der Waals surface area contributed by atoms with Gasteiger partial charge in [0.05, 0.1) is 29.8 Å². The summed E-state index contributed by atoms with van der Waals surface area (Å²) in [6.07, 6.45) is 3.47. The highest BCUT2D eigenvalue weighted by Gasteiger charge is 2.58. The first-order valence-electron chi connectivity index (χ1n) is 14.3. The van der Waals surface area contributed by atoms with Gasteiger partial charge in [0.1, 0.15) is 17.3 Å². The summed E-state index contributed by atoms with van der Waals surface area (Å²) in [7, 11) is 1.58. The zero-order valence-corrected chi connectivity index (χ0v) is 24.5. The zero-order chi connectivity index (χ0) is 29.4. The number of aromatic nitrogens is 1. The second-order valence-electron chi connectivity index (χ2n) is 12.6. The highest BCUT2D eigenvalue weighted by atomic mass is 16.5. The van der Waals surface area contributed by atoms with Crippen LogP contribution < -0.4 is 4.74 Å². The molecule has 1 aromatic carbocycles. The molecule has 0 saturated heterocycles. The van der Waals surface area contributed by atoms with Gasteiger partial charge in [0.25, 0.3) is 5.91 Å². The van der Waals surface area contributed by atoms with Crippen molar-refractivity contribution in [2.24, 2.45) is 5.41 Å². The molecule has 1 fully saturated rings. The van der Waals surface area contributed by atoms with Gasteiger partial charge in [0.2, 0.25) is 0 Å². The summed E-state index contributed by atoms with van der Waals surface area (Å²) in [5.74, 6) is 0.00765. The molecule has 1 amide bonds. The maximum atomic E-state index is 14.3. The van der Waals surface area contributed by atoms with Gasteiger partial charge in [0.15, 0.2) is 11.5 Å². The van der Waals surface area contributed by atoms with Gasteiger partial charge >= 0.3 is 5.97 Å². The molecule has 214 valence electrons. The molecule has 1 spiro atoms. The Morgan fingerprint density at radius 3 is 2.41 bits per heavy atom. The number of ether oxygens (including phenoxy) is 2. The van der Waals surface area contributed by atoms with Gasteiger partial charge < -0.3 is 19.5 Å². The maximum Gasteiger partial charge on any atom is 0.354 e. The minimum Gasteiger partial charge on any atom is -0.496 e. The Morgan fingerprint density at radius 2 is 1.78 bits per heavy atom. The van der Waals surface area contributed by atoms with Crippen molar-refractivity contribution < 1.29 is 29.0 Å². The average Bonchev–Trinajstić information content (AvgIpc) is 3.66. The summed E-state index contributed by atoms with van der Waals surface area (Å²) in [4.78, 5) is 46.5. The number of methoxy groups -OCH3 is 1. The first kappa shape index (κ1) is 27.2. The Morgan fingerprint density at radius 1 is 1.07 bits per heavy atom. The summed E-state index contributed by atoms with van der Waals surface area (Å²) >= 11 is 0. The van der Waals surface area contributed by atoms with Crippen molar-refractivity contribution in [1.82, 2.24) is 9.88 Å². The smallest absolute Gasteiger partial charge is 0.354 e. The number of hydrogen-bond donors (Lipinski definition) is 1. The van der Waals surface area contributed by atoms with Crippen LogP contribution in [0.2, 0.25) is 0 Å². The number of allylic oxidation sites excluding steroid dienone is 2. The molecule has 2 aliphatic carbocycles. The first-order valence-corrected chi connectivity index (χ1v) is 14.3. The topological polar surface area (TPSA) is 106 Å². The van der Waals surface area contributed by atoms with E-state index in [0.717, 1.165) is 29.5 Å². The van der Waals surface area contributed by atoms with Gasteiger partial charge in [-0.15, -0.1) is 0 Å². The van der Waals surface area contributed by atoms with E-state index >= 15 is 0 Å². The molecule has 0 bridgehead atoms. The standard InChI is InChI=1S/C33H36N2O6/c1-7-35-30(37)27-24(16-33(35)12-13-33)41-23-15-32(4,5)14-21(36)26(23)28(27)25-18(3)19(9-11-22(25)40-6)20-10-8-17(2)29(34-20)31(38)39/h8-11,28H,7,12-16H2,1-6H3,(H,38,39)/t28-/m0/s1. The molecule has 1 aromatic heterocycles. The predicted octanol–water partition coefficient (Wildman–Crippen LogP) is 5.87. The van der Waals surface area contributed by atoms with Gasteiger partial charge in [-0.3, -0.25) is 9.59 Å². The number of carboxylic acids is 1. The van der Waals surface area contributed by atoms with Crippen LogP contribution in [-0.2, 0) is 14.3 Å². The molecule has 2 aromatic rings. The molecule has 8 heteroatoms. The molecular formula is C33H36N2O6. The summed E-state index contributed by atoms with van der Waals surface area (Å²) in [5.41, 5.74) is 3.85. The second kappa shape index (κ2) is 9.29. The van der Waals surface area contributed by atoms with Crippen molar-refractivity contribution in [3.8, 4) is 17.0 Å². The monoisotopic (exact) mass is 556 g/mol. The van der Waals surface area contributed by atoms with Crippen molar-refractivity contribution in [3.05, 3.63) is 69.3 Å². The average molecular weight is 557 g/mol. The van der Waals surface area contributed by atoms with Crippen molar-refractivity contribution in [3.63, 3.8) is 0 Å². The number of rotatable bonds is 5. The molecule has 0 radical (unpaired) electrons. The summed E-state index contributed by atoms with van der Waals surface area (Å²) in [5, 5.41) is 9.71. The third-order valence-electron chi connectivity index (χ3n) is 9.24. The Labute approximate surface area is 240 Å². The third kappa shape index (κ3) is 4.18. The van der Waals surface area contributed by atoms with Crippen molar-refractivity contribution >= 4 is 17.7 Å². The number of ketones is 1. The number of hydrogen-bond acceptors (Lipinski definition) is 6. The van der Waals surface area contributed by atoms with Crippen molar-refractivity contribution in [2.75, 3.05) is 13.7 Å². The second-order valence-corrected chi connectivity index (χ2v) is 12.6. The van der Waals surface area contributed by atoms with Gasteiger partial charge in [-0.25, -0.2) is 9.78 Å². The Balaban J connectivity index is 1.61. The number of carbonyl (C=O) groups excluding carboxylic acids is 2. The van der Waals surface area contributed by atoms with Crippen LogP contribution in [0.1, 0.15) is 86.0 Å². The SMILES string of the molecule is CCN1C(=O)C2=C(CC13CC3)OC1=C(C(=O)CC(C)(C)C1)[C@@H]2c1c(OC)ccc(-c2ccc(C)c(C(=O)O)n2)c1C. The lowest BCUT2D eigenvalue weighted by Gasteiger charge is -2.45. The number of aryl methyl sites for hydroxylation is 1. The van der Waals surface area contributed by atoms with E-state index in [9.17, 15) is 19.5 Å². The molecule has 41 heavy (non-hydrogen) atoms. The van der Waals surface area contributed by atoms with Gasteiger partial charge in [-0.05, 0) is 68.4 Å². The fraction of sp³-hybridized carbons (Fsp3) is 0.455. The van der Waals surface area contributed by atoms with Crippen LogP contribution in [0.5, 0.6) is 5.75 Å². The van der Waals surface area contributed by atoms with E-state index in [1.54, 1.807) is 26.2 Å². The van der Waals surface area contributed by atoms with Crippen molar-refractivity contribution in [1.29, 1.82) is 0 Å². The minimum atomic E-state index is -1.10. The number of aromatic carboxylic acids is 1. The van der Waals surface area contributed by atoms with Crippen LogP contribution >= 0.6 is 0 Å². The highest BCUT2D eigenvalue weighted by molar-refractivity contribution is 6.06. The first-order chi connectivity index (χ1) is 19.4. The maximum absolute atomic E-state index is 14.3. The number of likely N-dealkylation sites (N-methyl/N-ethyl adjacent to an activating group) is 1. The summed E-state index contributed by atoms with van der Waals surface area (Å²) in [6.45, 7) is 10.4. The minimum absolute atomic E-state index is 0.0132. The van der Waals surface area contributed by atoms with Crippen LogP contribution in [0.25, 0.3) is 11.3 Å². The van der Waals surface area contributed by atoms with Crippen LogP contribution in [0.15, 0.2) is 46.9 Å². The molecule has 6 rings (SSSR count). The lowest BCUT2D eigenvalue weighted by atomic mass is 9.68. The number of Topliss-reactive ketones (excluding diaryl/α,β-unsaturated/α-hetero) is 1. The number of benzene rings is 1. The van der Waals surface area contributed by atoms with Crippen LogP contribution in [-0.4, -0.2) is 51.8 Å². The molecule has 4 aliphatic rings. The molecular weight excluding hydrogens is 520 g/mol. The molecule has 1 N–H and O–H groups in total. The van der Waals surface area contributed by atoms with E-state index < -0.39 is 11.9 Å². The Kier molecular flexibility index (Phi) is 6.17. The fourth-order valence-corrected chi connectivity index (χ4v) is 7.10. The molecule has 2 aliphatic heterocycles. The third-order valence-corrected chi connectivity index (χ3v) is 9.24. The zero-order valence-electron chi connectivity index (χ0n) is 24.5. The fourth-order valence-electron chi connectivity index (χ4n) is 7.10. The quantitative estimate of drug-likeness (QED) is 0.491. The van der Waals surface area contributed by atoms with Gasteiger partial charge in [-0.2, -0.15) is 0 Å². The van der Waals surface area contributed by atoms with Crippen LogP contribution in [0.3, 0.4) is 0 Å². The molecule has 0 unspecified atom stereocenters. The van der Waals surface area contributed by atoms with Crippen LogP contribution in [0, 0.1) is 19.3 Å². The lowest BCUT2D eigenvalue weighted by molar-refractivity contribution is -0.132. The van der Waals surface area contributed by atoms with Crippen molar-refractivity contribution in [2.45, 2.75) is 78.2 Å². The molecule has 1 atom stereocenters. The number of carboxylic acid groups (broad SMARTS) is 1.